The molecule has 2 heterocycles. The Hall–Kier alpha value is -1.85. The molecule has 0 spiro atoms. The molecule has 0 saturated carbocycles. The van der Waals surface area contributed by atoms with Gasteiger partial charge in [-0.3, -0.25) is 4.99 Å². The number of aliphatic hydroxyl groups is 1. The number of nitrogens with zero attached hydrogens (tertiary/aromatic N) is 1. The summed E-state index contributed by atoms with van der Waals surface area (Å²) < 4.78 is 15.7. The number of rotatable bonds is 7. The molecule has 2 rings (SSSR count). The first kappa shape index (κ1) is 13.6. The SMILES string of the molecule is Cc1ccc(C=NCC(O)COCc2ccco2)o1. The van der Waals surface area contributed by atoms with Crippen LogP contribution in [0.5, 0.6) is 0 Å². The molecule has 0 saturated heterocycles. The van der Waals surface area contributed by atoms with E-state index in [-0.39, 0.29) is 13.2 Å². The largest absolute Gasteiger partial charge is 0.467 e. The molecule has 5 nitrogen and oxygen atoms in total. The monoisotopic (exact) mass is 263 g/mol. The predicted octanol–water partition coefficient (Wildman–Crippen LogP) is 2.18. The summed E-state index contributed by atoms with van der Waals surface area (Å²) in [5, 5.41) is 9.66. The number of furan rings is 2. The number of aryl methyl sites for hydroxylation is 1. The molecule has 1 atom stereocenters. The zero-order chi connectivity index (χ0) is 13.5. The molecule has 0 fully saturated rings. The van der Waals surface area contributed by atoms with Crippen LogP contribution in [0, 0.1) is 6.92 Å². The third-order valence-electron chi connectivity index (χ3n) is 2.43. The molecule has 102 valence electrons. The Bertz CT molecular complexity index is 501. The van der Waals surface area contributed by atoms with Crippen molar-refractivity contribution in [3.63, 3.8) is 0 Å². The molecule has 0 bridgehead atoms. The van der Waals surface area contributed by atoms with E-state index in [4.69, 9.17) is 13.6 Å². The highest BCUT2D eigenvalue weighted by atomic mass is 16.5. The van der Waals surface area contributed by atoms with E-state index < -0.39 is 6.10 Å². The summed E-state index contributed by atoms with van der Waals surface area (Å²) in [4.78, 5) is 4.10. The Morgan fingerprint density at radius 1 is 1.42 bits per heavy atom. The summed E-state index contributed by atoms with van der Waals surface area (Å²) in [6, 6.07) is 7.32. The van der Waals surface area contributed by atoms with Crippen LogP contribution in [0.4, 0.5) is 0 Å². The Morgan fingerprint density at radius 2 is 2.32 bits per heavy atom. The lowest BCUT2D eigenvalue weighted by Crippen LogP contribution is -2.18. The van der Waals surface area contributed by atoms with Crippen LogP contribution in [0.3, 0.4) is 0 Å². The highest BCUT2D eigenvalue weighted by molar-refractivity contribution is 5.75. The average molecular weight is 263 g/mol. The number of aliphatic imine (C=N–C) groups is 1. The number of ether oxygens (including phenoxy) is 1. The highest BCUT2D eigenvalue weighted by Gasteiger charge is 2.04. The summed E-state index contributed by atoms with van der Waals surface area (Å²) in [6.07, 6.45) is 2.55. The second-order valence-corrected chi connectivity index (χ2v) is 4.19. The first-order valence-corrected chi connectivity index (χ1v) is 6.08. The molecule has 2 aromatic heterocycles. The van der Waals surface area contributed by atoms with Gasteiger partial charge in [-0.1, -0.05) is 0 Å². The first-order chi connectivity index (χ1) is 9.24. The number of aliphatic hydroxyl groups excluding tert-OH is 1. The van der Waals surface area contributed by atoms with Crippen molar-refractivity contribution in [3.05, 3.63) is 47.8 Å². The van der Waals surface area contributed by atoms with Gasteiger partial charge in [-0.2, -0.15) is 0 Å². The predicted molar refractivity (Wildman–Crippen MR) is 70.3 cm³/mol. The van der Waals surface area contributed by atoms with Crippen LogP contribution in [0.1, 0.15) is 17.3 Å². The van der Waals surface area contributed by atoms with E-state index in [1.54, 1.807) is 18.5 Å². The minimum atomic E-state index is -0.637. The van der Waals surface area contributed by atoms with Gasteiger partial charge in [0.25, 0.3) is 0 Å². The topological polar surface area (TPSA) is 68.1 Å². The highest BCUT2D eigenvalue weighted by Crippen LogP contribution is 2.04. The Labute approximate surface area is 111 Å². The van der Waals surface area contributed by atoms with Crippen molar-refractivity contribution in [1.82, 2.24) is 0 Å². The molecule has 5 heteroatoms. The molecule has 0 aliphatic heterocycles. The van der Waals surface area contributed by atoms with Crippen molar-refractivity contribution in [3.8, 4) is 0 Å². The van der Waals surface area contributed by atoms with Crippen molar-refractivity contribution in [2.45, 2.75) is 19.6 Å². The van der Waals surface area contributed by atoms with Crippen LogP contribution in [-0.2, 0) is 11.3 Å². The van der Waals surface area contributed by atoms with Gasteiger partial charge in [0.05, 0.1) is 31.7 Å². The molecular weight excluding hydrogens is 246 g/mol. The molecule has 1 unspecified atom stereocenters. The van der Waals surface area contributed by atoms with Gasteiger partial charge < -0.3 is 18.7 Å². The van der Waals surface area contributed by atoms with Gasteiger partial charge in [0.1, 0.15) is 23.9 Å². The van der Waals surface area contributed by atoms with E-state index in [1.807, 2.05) is 25.1 Å². The van der Waals surface area contributed by atoms with E-state index in [1.165, 1.54) is 0 Å². The van der Waals surface area contributed by atoms with Gasteiger partial charge in [0, 0.05) is 0 Å². The van der Waals surface area contributed by atoms with Crippen molar-refractivity contribution >= 4 is 6.21 Å². The summed E-state index contributed by atoms with van der Waals surface area (Å²) in [5.41, 5.74) is 0. The molecule has 19 heavy (non-hydrogen) atoms. The number of hydrogen-bond acceptors (Lipinski definition) is 5. The smallest absolute Gasteiger partial charge is 0.144 e. The van der Waals surface area contributed by atoms with Gasteiger partial charge >= 0.3 is 0 Å². The fourth-order valence-corrected chi connectivity index (χ4v) is 1.53. The van der Waals surface area contributed by atoms with E-state index in [0.717, 1.165) is 11.5 Å². The van der Waals surface area contributed by atoms with Crippen molar-refractivity contribution in [2.75, 3.05) is 13.2 Å². The standard InChI is InChI=1S/C14H17NO4/c1-11-4-5-13(19-11)8-15-7-12(16)9-17-10-14-3-2-6-18-14/h2-6,8,12,16H,7,9-10H2,1H3. The van der Waals surface area contributed by atoms with Crippen molar-refractivity contribution < 1.29 is 18.7 Å². The molecule has 0 aliphatic carbocycles. The molecule has 0 radical (unpaired) electrons. The average Bonchev–Trinajstić information content (AvgIpc) is 3.01. The van der Waals surface area contributed by atoms with Gasteiger partial charge in [0.2, 0.25) is 0 Å². The van der Waals surface area contributed by atoms with Crippen LogP contribution < -0.4 is 0 Å². The molecule has 2 aromatic rings. The maximum Gasteiger partial charge on any atom is 0.144 e. The maximum absolute atomic E-state index is 9.66. The van der Waals surface area contributed by atoms with E-state index in [9.17, 15) is 5.11 Å². The maximum atomic E-state index is 9.66. The Morgan fingerprint density at radius 3 is 3.00 bits per heavy atom. The quantitative estimate of drug-likeness (QED) is 0.777. The molecule has 0 amide bonds. The zero-order valence-electron chi connectivity index (χ0n) is 10.8. The van der Waals surface area contributed by atoms with Crippen LogP contribution in [0.2, 0.25) is 0 Å². The van der Waals surface area contributed by atoms with Gasteiger partial charge in [-0.05, 0) is 31.2 Å². The van der Waals surface area contributed by atoms with Crippen molar-refractivity contribution in [2.24, 2.45) is 4.99 Å². The van der Waals surface area contributed by atoms with Gasteiger partial charge in [0.15, 0.2) is 0 Å². The second-order valence-electron chi connectivity index (χ2n) is 4.19. The van der Waals surface area contributed by atoms with Gasteiger partial charge in [-0.15, -0.1) is 0 Å². The van der Waals surface area contributed by atoms with Crippen LogP contribution in [-0.4, -0.2) is 30.6 Å². The second kappa shape index (κ2) is 6.92. The molecular formula is C14H17NO4. The fourth-order valence-electron chi connectivity index (χ4n) is 1.53. The summed E-state index contributed by atoms with van der Waals surface area (Å²) in [7, 11) is 0. The molecule has 1 N–H and O–H groups in total. The van der Waals surface area contributed by atoms with E-state index >= 15 is 0 Å². The summed E-state index contributed by atoms with van der Waals surface area (Å²) in [6.45, 7) is 2.72. The lowest BCUT2D eigenvalue weighted by molar-refractivity contribution is 0.0267. The minimum Gasteiger partial charge on any atom is -0.467 e. The third kappa shape index (κ3) is 4.73. The fraction of sp³-hybridized carbons (Fsp3) is 0.357. The normalized spacial score (nSPS) is 13.2. The van der Waals surface area contributed by atoms with E-state index in [0.29, 0.717) is 12.4 Å². The first-order valence-electron chi connectivity index (χ1n) is 6.08. The molecule has 0 aromatic carbocycles. The van der Waals surface area contributed by atoms with Crippen LogP contribution in [0.25, 0.3) is 0 Å². The third-order valence-corrected chi connectivity index (χ3v) is 2.43. The van der Waals surface area contributed by atoms with Crippen molar-refractivity contribution in [1.29, 1.82) is 0 Å². The zero-order valence-corrected chi connectivity index (χ0v) is 10.8. The number of hydrogen-bond donors (Lipinski definition) is 1. The lowest BCUT2D eigenvalue weighted by Gasteiger charge is -2.07. The molecule has 0 aliphatic rings. The Kier molecular flexibility index (Phi) is 4.94. The lowest BCUT2D eigenvalue weighted by atomic mass is 10.4. The summed E-state index contributed by atoms with van der Waals surface area (Å²) in [5.74, 6) is 2.26. The van der Waals surface area contributed by atoms with Gasteiger partial charge in [-0.25, -0.2) is 0 Å². The summed E-state index contributed by atoms with van der Waals surface area (Å²) >= 11 is 0. The minimum absolute atomic E-state index is 0.217. The van der Waals surface area contributed by atoms with E-state index in [2.05, 4.69) is 4.99 Å². The Balaban J connectivity index is 1.64. The van der Waals surface area contributed by atoms with Crippen LogP contribution >= 0.6 is 0 Å². The van der Waals surface area contributed by atoms with Crippen LogP contribution in [0.15, 0.2) is 44.4 Å².